The molecule has 0 aromatic heterocycles. The Kier molecular flexibility index (Phi) is 5.09. The van der Waals surface area contributed by atoms with E-state index in [1.54, 1.807) is 12.1 Å². The smallest absolute Gasteiger partial charge is 0.294 e. The van der Waals surface area contributed by atoms with Crippen molar-refractivity contribution in [3.63, 3.8) is 0 Å². The zero-order valence-electron chi connectivity index (χ0n) is 11.8. The summed E-state index contributed by atoms with van der Waals surface area (Å²) in [6.45, 7) is 3.98. The predicted molar refractivity (Wildman–Crippen MR) is 73.6 cm³/mol. The van der Waals surface area contributed by atoms with Crippen molar-refractivity contribution in [1.82, 2.24) is 0 Å². The molecule has 1 aromatic carbocycles. The molecule has 1 unspecified atom stereocenters. The largest absolute Gasteiger partial charge is 0.367 e. The van der Waals surface area contributed by atoms with Gasteiger partial charge in [0, 0.05) is 0 Å². The highest BCUT2D eigenvalue weighted by Crippen LogP contribution is 2.11. The van der Waals surface area contributed by atoms with Gasteiger partial charge >= 0.3 is 0 Å². The third kappa shape index (κ3) is 7.27. The first-order chi connectivity index (χ1) is 8.58. The van der Waals surface area contributed by atoms with Crippen LogP contribution in [0.1, 0.15) is 5.56 Å². The van der Waals surface area contributed by atoms with Crippen molar-refractivity contribution in [3.8, 4) is 0 Å². The third-order valence-corrected chi connectivity index (χ3v) is 3.34. The zero-order valence-corrected chi connectivity index (χ0v) is 12.6. The number of nitrogens with zero attached hydrogens (tertiary/aromatic N) is 1. The van der Waals surface area contributed by atoms with Crippen molar-refractivity contribution in [2.75, 3.05) is 34.3 Å². The number of quaternary nitrogens is 1. The van der Waals surface area contributed by atoms with E-state index in [9.17, 15) is 8.42 Å². The van der Waals surface area contributed by atoms with Gasteiger partial charge in [0.2, 0.25) is 0 Å². The van der Waals surface area contributed by atoms with E-state index < -0.39 is 10.1 Å². The molecule has 0 radical (unpaired) electrons. The van der Waals surface area contributed by atoms with Crippen LogP contribution in [0.4, 0.5) is 0 Å². The second-order valence-corrected chi connectivity index (χ2v) is 7.14. The minimum Gasteiger partial charge on any atom is -0.367 e. The standard InChI is InChI=1S/C7H8O3S.C6H14NO/c1-6-2-4-7(5-3-6)11(8,9)10;1-7(2,3)4-6-5-8-6/h2-5H,1H3,(H,8,9,10);6H,4-5H2,1-3H3/q;+1. The van der Waals surface area contributed by atoms with Crippen molar-refractivity contribution in [3.05, 3.63) is 29.8 Å². The van der Waals surface area contributed by atoms with Gasteiger partial charge in [0.1, 0.15) is 12.6 Å². The molecule has 1 fully saturated rings. The van der Waals surface area contributed by atoms with Crippen molar-refractivity contribution in [1.29, 1.82) is 0 Å². The summed E-state index contributed by atoms with van der Waals surface area (Å²) in [5.74, 6) is 0. The Hall–Kier alpha value is -0.950. The van der Waals surface area contributed by atoms with E-state index in [0.29, 0.717) is 6.10 Å². The van der Waals surface area contributed by atoms with Crippen LogP contribution < -0.4 is 0 Å². The van der Waals surface area contributed by atoms with Crippen LogP contribution in [0, 0.1) is 6.92 Å². The van der Waals surface area contributed by atoms with Crippen LogP contribution in [0.2, 0.25) is 0 Å². The monoisotopic (exact) mass is 288 g/mol. The summed E-state index contributed by atoms with van der Waals surface area (Å²) >= 11 is 0. The summed E-state index contributed by atoms with van der Waals surface area (Å²) in [6.07, 6.45) is 0.565. The SMILES string of the molecule is C[N+](C)(C)CC1CO1.Cc1ccc(S(=O)(=O)O)cc1. The van der Waals surface area contributed by atoms with Crippen LogP contribution in [-0.2, 0) is 14.9 Å². The van der Waals surface area contributed by atoms with Crippen LogP contribution in [0.5, 0.6) is 0 Å². The molecule has 1 atom stereocenters. The lowest BCUT2D eigenvalue weighted by molar-refractivity contribution is -0.870. The molecule has 0 saturated carbocycles. The number of ether oxygens (including phenoxy) is 1. The average molecular weight is 288 g/mol. The lowest BCUT2D eigenvalue weighted by atomic mass is 10.2. The van der Waals surface area contributed by atoms with Gasteiger partial charge in [-0.05, 0) is 19.1 Å². The quantitative estimate of drug-likeness (QED) is 0.518. The molecule has 108 valence electrons. The van der Waals surface area contributed by atoms with Crippen LogP contribution in [0.15, 0.2) is 29.2 Å². The normalized spacial score (nSPS) is 18.5. The lowest BCUT2D eigenvalue weighted by Gasteiger charge is -2.22. The maximum Gasteiger partial charge on any atom is 0.294 e. The van der Waals surface area contributed by atoms with Crippen molar-refractivity contribution in [2.45, 2.75) is 17.9 Å². The molecule has 1 N–H and O–H groups in total. The number of aryl methyl sites for hydroxylation is 1. The maximum atomic E-state index is 10.5. The van der Waals surface area contributed by atoms with Crippen LogP contribution in [-0.4, -0.2) is 57.9 Å². The van der Waals surface area contributed by atoms with Gasteiger partial charge in [-0.25, -0.2) is 0 Å². The van der Waals surface area contributed by atoms with Crippen LogP contribution in [0.25, 0.3) is 0 Å². The molecule has 19 heavy (non-hydrogen) atoms. The molecular formula is C13H22NO4S+. The van der Waals surface area contributed by atoms with Gasteiger partial charge in [-0.1, -0.05) is 17.7 Å². The minimum absolute atomic E-state index is 0.0666. The minimum atomic E-state index is -4.02. The van der Waals surface area contributed by atoms with E-state index >= 15 is 0 Å². The van der Waals surface area contributed by atoms with Crippen molar-refractivity contribution < 1.29 is 22.2 Å². The van der Waals surface area contributed by atoms with Crippen molar-refractivity contribution in [2.24, 2.45) is 0 Å². The molecule has 5 nitrogen and oxygen atoms in total. The van der Waals surface area contributed by atoms with Gasteiger partial charge in [0.15, 0.2) is 0 Å². The molecule has 0 amide bonds. The number of hydrogen-bond donors (Lipinski definition) is 1. The fourth-order valence-electron chi connectivity index (χ4n) is 1.49. The second-order valence-electron chi connectivity index (χ2n) is 5.72. The zero-order chi connectivity index (χ0) is 14.7. The van der Waals surface area contributed by atoms with Gasteiger partial charge < -0.3 is 9.22 Å². The lowest BCUT2D eigenvalue weighted by Crippen LogP contribution is -2.37. The predicted octanol–water partition coefficient (Wildman–Crippen LogP) is 1.33. The first-order valence-corrected chi connectivity index (χ1v) is 7.48. The maximum absolute atomic E-state index is 10.5. The highest BCUT2D eigenvalue weighted by molar-refractivity contribution is 7.85. The Morgan fingerprint density at radius 3 is 2.00 bits per heavy atom. The number of benzene rings is 1. The Balaban J connectivity index is 0.000000200. The molecule has 0 bridgehead atoms. The first-order valence-electron chi connectivity index (χ1n) is 6.04. The highest BCUT2D eigenvalue weighted by Gasteiger charge is 2.28. The molecule has 1 aromatic rings. The molecule has 2 rings (SSSR count). The van der Waals surface area contributed by atoms with E-state index in [2.05, 4.69) is 21.1 Å². The molecule has 1 saturated heterocycles. The summed E-state index contributed by atoms with van der Waals surface area (Å²) in [7, 11) is 2.53. The molecule has 0 aliphatic carbocycles. The Bertz CT molecular complexity index is 498. The number of rotatable bonds is 3. The van der Waals surface area contributed by atoms with E-state index in [-0.39, 0.29) is 4.90 Å². The molecule has 0 spiro atoms. The van der Waals surface area contributed by atoms with Crippen LogP contribution in [0.3, 0.4) is 0 Å². The first kappa shape index (κ1) is 16.1. The van der Waals surface area contributed by atoms with Gasteiger partial charge in [0.25, 0.3) is 10.1 Å². The summed E-state index contributed by atoms with van der Waals surface area (Å²) in [5.41, 5.74) is 0.956. The van der Waals surface area contributed by atoms with E-state index in [0.717, 1.165) is 23.2 Å². The van der Waals surface area contributed by atoms with E-state index in [4.69, 9.17) is 9.29 Å². The van der Waals surface area contributed by atoms with Crippen LogP contribution >= 0.6 is 0 Å². The summed E-state index contributed by atoms with van der Waals surface area (Å²) in [4.78, 5) is -0.0666. The number of epoxide rings is 1. The van der Waals surface area contributed by atoms with Gasteiger partial charge in [-0.3, -0.25) is 4.55 Å². The molecule has 1 aliphatic rings. The fraction of sp³-hybridized carbons (Fsp3) is 0.538. The summed E-state index contributed by atoms with van der Waals surface area (Å²) < 4.78 is 35.6. The molecule has 6 heteroatoms. The average Bonchev–Trinajstić information content (AvgIpc) is 2.99. The number of hydrogen-bond acceptors (Lipinski definition) is 3. The number of likely N-dealkylation sites (N-methyl/N-ethyl adjacent to an activating group) is 1. The van der Waals surface area contributed by atoms with E-state index in [1.165, 1.54) is 12.1 Å². The topological polar surface area (TPSA) is 66.9 Å². The van der Waals surface area contributed by atoms with Gasteiger partial charge in [-0.2, -0.15) is 8.42 Å². The summed E-state index contributed by atoms with van der Waals surface area (Å²) in [5, 5.41) is 0. The Morgan fingerprint density at radius 1 is 1.26 bits per heavy atom. The van der Waals surface area contributed by atoms with Gasteiger partial charge in [-0.15, -0.1) is 0 Å². The van der Waals surface area contributed by atoms with Gasteiger partial charge in [0.05, 0.1) is 32.6 Å². The molecule has 1 heterocycles. The third-order valence-electron chi connectivity index (χ3n) is 2.47. The molecule has 1 aliphatic heterocycles. The Morgan fingerprint density at radius 2 is 1.74 bits per heavy atom. The Labute approximate surface area is 115 Å². The molecular weight excluding hydrogens is 266 g/mol. The second kappa shape index (κ2) is 6.00. The summed E-state index contributed by atoms with van der Waals surface area (Å²) in [6, 6.07) is 5.99. The fourth-order valence-corrected chi connectivity index (χ4v) is 1.97. The highest BCUT2D eigenvalue weighted by atomic mass is 32.2. The van der Waals surface area contributed by atoms with Crippen molar-refractivity contribution >= 4 is 10.1 Å². The van der Waals surface area contributed by atoms with E-state index in [1.807, 2.05) is 6.92 Å².